The molecular weight excluding hydrogens is 496 g/mol. The van der Waals surface area contributed by atoms with Gasteiger partial charge in [-0.05, 0) is 31.4 Å². The van der Waals surface area contributed by atoms with E-state index in [9.17, 15) is 23.3 Å². The molecule has 1 unspecified atom stereocenters. The minimum Gasteiger partial charge on any atom is -0.378 e. The number of nitriles is 1. The van der Waals surface area contributed by atoms with E-state index in [4.69, 9.17) is 17.0 Å². The van der Waals surface area contributed by atoms with E-state index < -0.39 is 15.9 Å². The number of carbonyl (C=O) groups excluding carboxylic acids is 1. The third kappa shape index (κ3) is 4.54. The second-order valence-electron chi connectivity index (χ2n) is 8.51. The first-order valence-corrected chi connectivity index (χ1v) is 14.2. The number of sulfone groups is 1. The molecule has 1 amide bonds. The van der Waals surface area contributed by atoms with Crippen LogP contribution in [0.4, 0.5) is 5.82 Å². The molecule has 0 bridgehead atoms. The molecule has 3 aliphatic rings. The Morgan fingerprint density at radius 2 is 2.00 bits per heavy atom. The number of thioether (sulfide) groups is 1. The molecule has 9 nitrogen and oxygen atoms in total. The van der Waals surface area contributed by atoms with Crippen molar-refractivity contribution in [3.8, 4) is 6.07 Å². The Bertz CT molecular complexity index is 1270. The van der Waals surface area contributed by atoms with E-state index in [1.807, 2.05) is 13.0 Å². The predicted molar refractivity (Wildman–Crippen MR) is 136 cm³/mol. The molecule has 0 N–H and O–H groups in total. The van der Waals surface area contributed by atoms with Gasteiger partial charge in [-0.25, -0.2) is 8.42 Å². The molecule has 3 aliphatic heterocycles. The highest BCUT2D eigenvalue weighted by Gasteiger charge is 2.42. The molecule has 34 heavy (non-hydrogen) atoms. The van der Waals surface area contributed by atoms with Crippen molar-refractivity contribution in [1.82, 2.24) is 9.47 Å². The number of hydrogen-bond acceptors (Lipinski definition) is 9. The Morgan fingerprint density at radius 1 is 1.29 bits per heavy atom. The zero-order chi connectivity index (χ0) is 24.6. The van der Waals surface area contributed by atoms with Crippen LogP contribution in [0.1, 0.15) is 36.5 Å². The summed E-state index contributed by atoms with van der Waals surface area (Å²) < 4.78 is 31.4. The van der Waals surface area contributed by atoms with E-state index in [2.05, 4.69) is 4.90 Å². The maximum atomic E-state index is 13.3. The fourth-order valence-electron chi connectivity index (χ4n) is 4.60. The van der Waals surface area contributed by atoms with E-state index >= 15 is 0 Å². The maximum Gasteiger partial charge on any atom is 0.270 e. The standard InChI is InChI=1S/C22H26N4O5S3/c1-3-5-25-19(24-6-8-31-9-7-24)16(14(2)17(12-23)20(25)27)11-18-21(28)26(22(32)33-18)15-4-10-34(29,30)13-15/h11,15H,3-10,13H2,1-2H3. The van der Waals surface area contributed by atoms with Crippen molar-refractivity contribution >= 4 is 55.9 Å². The molecule has 182 valence electrons. The van der Waals surface area contributed by atoms with Gasteiger partial charge in [-0.1, -0.05) is 30.9 Å². The van der Waals surface area contributed by atoms with Crippen LogP contribution >= 0.6 is 24.0 Å². The molecule has 1 aromatic heterocycles. The number of hydrogen-bond donors (Lipinski definition) is 0. The lowest BCUT2D eigenvalue weighted by molar-refractivity contribution is -0.123. The van der Waals surface area contributed by atoms with Gasteiger partial charge in [0.25, 0.3) is 11.5 Å². The summed E-state index contributed by atoms with van der Waals surface area (Å²) in [6.07, 6.45) is 2.76. The monoisotopic (exact) mass is 522 g/mol. The Morgan fingerprint density at radius 3 is 2.59 bits per heavy atom. The molecule has 4 heterocycles. The normalized spacial score (nSPS) is 23.7. The van der Waals surface area contributed by atoms with Crippen molar-refractivity contribution < 1.29 is 17.9 Å². The molecular formula is C22H26N4O5S3. The first kappa shape index (κ1) is 24.9. The second kappa shape index (κ2) is 9.81. The van der Waals surface area contributed by atoms with Crippen molar-refractivity contribution in [1.29, 1.82) is 5.26 Å². The van der Waals surface area contributed by atoms with Crippen molar-refractivity contribution in [3.05, 3.63) is 31.9 Å². The summed E-state index contributed by atoms with van der Waals surface area (Å²) in [5.41, 5.74) is 0.847. The molecule has 1 aromatic rings. The number of pyridine rings is 1. The average molecular weight is 523 g/mol. The fraction of sp³-hybridized carbons (Fsp3) is 0.545. The van der Waals surface area contributed by atoms with Crippen molar-refractivity contribution in [2.24, 2.45) is 0 Å². The molecule has 0 aromatic carbocycles. The van der Waals surface area contributed by atoms with E-state index in [1.165, 1.54) is 4.90 Å². The lowest BCUT2D eigenvalue weighted by atomic mass is 10.0. The molecule has 1 atom stereocenters. The van der Waals surface area contributed by atoms with Gasteiger partial charge >= 0.3 is 0 Å². The van der Waals surface area contributed by atoms with Crippen LogP contribution in [-0.2, 0) is 25.9 Å². The smallest absolute Gasteiger partial charge is 0.270 e. The molecule has 12 heteroatoms. The van der Waals surface area contributed by atoms with Crippen LogP contribution < -0.4 is 10.5 Å². The van der Waals surface area contributed by atoms with Crippen LogP contribution in [0, 0.1) is 18.3 Å². The molecule has 3 saturated heterocycles. The van der Waals surface area contributed by atoms with Gasteiger partial charge in [0.05, 0.1) is 35.7 Å². The second-order valence-corrected chi connectivity index (χ2v) is 12.4. The summed E-state index contributed by atoms with van der Waals surface area (Å²) in [4.78, 5) is 30.3. The Balaban J connectivity index is 1.84. The van der Waals surface area contributed by atoms with Crippen molar-refractivity contribution in [3.63, 3.8) is 0 Å². The van der Waals surface area contributed by atoms with Gasteiger partial charge < -0.3 is 9.64 Å². The quantitative estimate of drug-likeness (QED) is 0.421. The Labute approximate surface area is 208 Å². The van der Waals surface area contributed by atoms with Crippen LogP contribution in [0.2, 0.25) is 0 Å². The summed E-state index contributed by atoms with van der Waals surface area (Å²) in [6, 6.07) is 1.57. The molecule has 0 radical (unpaired) electrons. The highest BCUT2D eigenvalue weighted by molar-refractivity contribution is 8.26. The number of amides is 1. The number of ether oxygens (including phenoxy) is 1. The van der Waals surface area contributed by atoms with Gasteiger partial charge in [0.2, 0.25) is 0 Å². The Kier molecular flexibility index (Phi) is 7.19. The SMILES string of the molecule is CCCn1c(N2CCOCC2)c(C=C2SC(=S)N(C3CCS(=O)(=O)C3)C2=O)c(C)c(C#N)c1=O. The largest absolute Gasteiger partial charge is 0.378 e. The lowest BCUT2D eigenvalue weighted by Crippen LogP contribution is -2.41. The minimum atomic E-state index is -3.18. The molecule has 0 spiro atoms. The van der Waals surface area contributed by atoms with Crippen LogP contribution in [0.15, 0.2) is 9.70 Å². The Hall–Kier alpha value is -2.20. The fourth-order valence-corrected chi connectivity index (χ4v) is 7.68. The average Bonchev–Trinajstić information content (AvgIpc) is 3.29. The third-order valence-corrected chi connectivity index (χ3v) is 9.36. The number of nitrogens with zero attached hydrogens (tertiary/aromatic N) is 4. The number of anilines is 1. The molecule has 4 rings (SSSR count). The van der Waals surface area contributed by atoms with Crippen molar-refractivity contribution in [2.75, 3.05) is 42.7 Å². The molecule has 3 fully saturated rings. The summed E-state index contributed by atoms with van der Waals surface area (Å²) in [6.45, 7) is 6.29. The van der Waals surface area contributed by atoms with E-state index in [0.29, 0.717) is 71.9 Å². The number of thiocarbonyl (C=S) groups is 1. The topological polar surface area (TPSA) is 113 Å². The lowest BCUT2D eigenvalue weighted by Gasteiger charge is -2.33. The van der Waals surface area contributed by atoms with Crippen LogP contribution in [0.5, 0.6) is 0 Å². The number of carbonyl (C=O) groups is 1. The van der Waals surface area contributed by atoms with Gasteiger partial charge in [-0.3, -0.25) is 19.1 Å². The highest BCUT2D eigenvalue weighted by Crippen LogP contribution is 2.38. The first-order chi connectivity index (χ1) is 16.2. The van der Waals surface area contributed by atoms with Gasteiger partial charge in [-0.15, -0.1) is 0 Å². The summed E-state index contributed by atoms with van der Waals surface area (Å²) >= 11 is 6.57. The maximum absolute atomic E-state index is 13.3. The summed E-state index contributed by atoms with van der Waals surface area (Å²) in [5, 5.41) is 9.73. The zero-order valence-electron chi connectivity index (χ0n) is 19.1. The van der Waals surface area contributed by atoms with Gasteiger partial charge in [0, 0.05) is 25.2 Å². The zero-order valence-corrected chi connectivity index (χ0v) is 21.5. The van der Waals surface area contributed by atoms with Gasteiger partial charge in [0.15, 0.2) is 9.84 Å². The van der Waals surface area contributed by atoms with Crippen LogP contribution in [0.25, 0.3) is 6.08 Å². The van der Waals surface area contributed by atoms with E-state index in [-0.39, 0.29) is 28.5 Å². The number of aromatic nitrogens is 1. The number of morpholine rings is 1. The summed E-state index contributed by atoms with van der Waals surface area (Å²) in [5.74, 6) is 0.281. The minimum absolute atomic E-state index is 0.0432. The predicted octanol–water partition coefficient (Wildman–Crippen LogP) is 1.66. The van der Waals surface area contributed by atoms with Gasteiger partial charge in [0.1, 0.15) is 21.8 Å². The summed E-state index contributed by atoms with van der Waals surface area (Å²) in [7, 11) is -3.18. The van der Waals surface area contributed by atoms with Crippen LogP contribution in [0.3, 0.4) is 0 Å². The molecule has 0 saturated carbocycles. The van der Waals surface area contributed by atoms with E-state index in [1.54, 1.807) is 17.6 Å². The van der Waals surface area contributed by atoms with Crippen LogP contribution in [-0.4, -0.2) is 72.0 Å². The first-order valence-electron chi connectivity index (χ1n) is 11.2. The molecule has 0 aliphatic carbocycles. The van der Waals surface area contributed by atoms with Gasteiger partial charge in [-0.2, -0.15) is 5.26 Å². The van der Waals surface area contributed by atoms with E-state index in [0.717, 1.165) is 11.8 Å². The third-order valence-electron chi connectivity index (χ3n) is 6.28. The van der Waals surface area contributed by atoms with Crippen molar-refractivity contribution in [2.45, 2.75) is 39.3 Å². The highest BCUT2D eigenvalue weighted by atomic mass is 32.2. The number of rotatable bonds is 5.